The van der Waals surface area contributed by atoms with Gasteiger partial charge in [0.1, 0.15) is 5.82 Å². The molecule has 1 amide bonds. The highest BCUT2D eigenvalue weighted by atomic mass is 16.2. The number of likely N-dealkylation sites (N-methyl/N-ethyl adjacent to an activating group) is 2. The molecule has 1 aromatic rings. The first-order valence-corrected chi connectivity index (χ1v) is 5.40. The molecule has 88 valence electrons. The zero-order valence-corrected chi connectivity index (χ0v) is 9.73. The van der Waals surface area contributed by atoms with Crippen LogP contribution in [0.1, 0.15) is 13.8 Å². The summed E-state index contributed by atoms with van der Waals surface area (Å²) in [5.74, 6) is 0.478. The standard InChI is InChI=1S/C11H18N4O/c1-3-13-11(16)8-15(4-2)9-5-6-14-10(12)7-9/h5-7H,3-4,8H2,1-2H3,(H2,12,14)(H,13,16). The van der Waals surface area contributed by atoms with Gasteiger partial charge in [-0.15, -0.1) is 0 Å². The number of pyridine rings is 1. The number of carbonyl (C=O) groups excluding carboxylic acids is 1. The summed E-state index contributed by atoms with van der Waals surface area (Å²) in [7, 11) is 0. The van der Waals surface area contributed by atoms with Gasteiger partial charge >= 0.3 is 0 Å². The molecular weight excluding hydrogens is 204 g/mol. The first-order valence-electron chi connectivity index (χ1n) is 5.40. The van der Waals surface area contributed by atoms with E-state index in [1.165, 1.54) is 0 Å². The first-order chi connectivity index (χ1) is 7.67. The second kappa shape index (κ2) is 5.95. The van der Waals surface area contributed by atoms with Crippen LogP contribution in [0.5, 0.6) is 0 Å². The van der Waals surface area contributed by atoms with Crippen molar-refractivity contribution in [1.82, 2.24) is 10.3 Å². The van der Waals surface area contributed by atoms with E-state index in [0.717, 1.165) is 12.2 Å². The quantitative estimate of drug-likeness (QED) is 0.766. The zero-order chi connectivity index (χ0) is 12.0. The average Bonchev–Trinajstić information content (AvgIpc) is 2.26. The van der Waals surface area contributed by atoms with Crippen LogP contribution in [-0.2, 0) is 4.79 Å². The van der Waals surface area contributed by atoms with Crippen molar-refractivity contribution in [3.05, 3.63) is 18.3 Å². The first kappa shape index (κ1) is 12.3. The van der Waals surface area contributed by atoms with Gasteiger partial charge in [-0.2, -0.15) is 0 Å². The van der Waals surface area contributed by atoms with Crippen molar-refractivity contribution in [2.45, 2.75) is 13.8 Å². The molecule has 0 aliphatic carbocycles. The van der Waals surface area contributed by atoms with E-state index in [2.05, 4.69) is 10.3 Å². The lowest BCUT2D eigenvalue weighted by Gasteiger charge is -2.22. The number of nitrogens with two attached hydrogens (primary N) is 1. The van der Waals surface area contributed by atoms with Gasteiger partial charge in [-0.1, -0.05) is 0 Å². The van der Waals surface area contributed by atoms with Gasteiger partial charge in [0.25, 0.3) is 0 Å². The number of carbonyl (C=O) groups is 1. The summed E-state index contributed by atoms with van der Waals surface area (Å²) < 4.78 is 0. The Kier molecular flexibility index (Phi) is 4.57. The van der Waals surface area contributed by atoms with Crippen molar-refractivity contribution in [3.63, 3.8) is 0 Å². The number of nitrogen functional groups attached to an aromatic ring is 1. The molecule has 5 heteroatoms. The number of rotatable bonds is 5. The minimum atomic E-state index is 0.0136. The largest absolute Gasteiger partial charge is 0.384 e. The van der Waals surface area contributed by atoms with Crippen LogP contribution >= 0.6 is 0 Å². The molecular formula is C11H18N4O. The van der Waals surface area contributed by atoms with E-state index in [0.29, 0.717) is 18.9 Å². The molecule has 0 unspecified atom stereocenters. The van der Waals surface area contributed by atoms with Gasteiger partial charge < -0.3 is 16.0 Å². The Hall–Kier alpha value is -1.78. The Bertz CT molecular complexity index is 354. The lowest BCUT2D eigenvalue weighted by molar-refractivity contribution is -0.119. The molecule has 1 rings (SSSR count). The summed E-state index contributed by atoms with van der Waals surface area (Å²) in [6.45, 7) is 5.64. The van der Waals surface area contributed by atoms with Crippen LogP contribution in [0.2, 0.25) is 0 Å². The lowest BCUT2D eigenvalue weighted by Crippen LogP contribution is -2.37. The minimum absolute atomic E-state index is 0.0136. The van der Waals surface area contributed by atoms with Gasteiger partial charge in [0, 0.05) is 31.0 Å². The van der Waals surface area contributed by atoms with Crippen molar-refractivity contribution in [3.8, 4) is 0 Å². The molecule has 0 saturated heterocycles. The fourth-order valence-corrected chi connectivity index (χ4v) is 1.45. The number of anilines is 2. The summed E-state index contributed by atoms with van der Waals surface area (Å²) in [6.07, 6.45) is 1.64. The van der Waals surface area contributed by atoms with Crippen LogP contribution in [-0.4, -0.2) is 30.5 Å². The number of nitrogens with one attached hydrogen (secondary N) is 1. The molecule has 0 aliphatic rings. The van der Waals surface area contributed by atoms with Crippen LogP contribution < -0.4 is 16.0 Å². The SMILES string of the molecule is CCNC(=O)CN(CC)c1ccnc(N)c1. The molecule has 0 radical (unpaired) electrons. The maximum atomic E-state index is 11.5. The van der Waals surface area contributed by atoms with Gasteiger partial charge in [0.05, 0.1) is 6.54 Å². The van der Waals surface area contributed by atoms with Crippen LogP contribution in [0.15, 0.2) is 18.3 Å². The maximum Gasteiger partial charge on any atom is 0.239 e. The molecule has 16 heavy (non-hydrogen) atoms. The minimum Gasteiger partial charge on any atom is -0.384 e. The molecule has 0 atom stereocenters. The molecule has 5 nitrogen and oxygen atoms in total. The monoisotopic (exact) mass is 222 g/mol. The summed E-state index contributed by atoms with van der Waals surface area (Å²) in [4.78, 5) is 17.3. The number of hydrogen-bond donors (Lipinski definition) is 2. The molecule has 0 fully saturated rings. The second-order valence-corrected chi connectivity index (χ2v) is 3.41. The normalized spacial score (nSPS) is 9.88. The summed E-state index contributed by atoms with van der Waals surface area (Å²) >= 11 is 0. The van der Waals surface area contributed by atoms with E-state index in [1.54, 1.807) is 12.3 Å². The van der Waals surface area contributed by atoms with E-state index in [1.807, 2.05) is 24.8 Å². The van der Waals surface area contributed by atoms with Crippen LogP contribution in [0.3, 0.4) is 0 Å². The molecule has 0 bridgehead atoms. The third-order valence-electron chi connectivity index (χ3n) is 2.22. The molecule has 0 aromatic carbocycles. The van der Waals surface area contributed by atoms with Gasteiger partial charge in [0.15, 0.2) is 0 Å². The number of aromatic nitrogens is 1. The Labute approximate surface area is 95.7 Å². The van der Waals surface area contributed by atoms with Gasteiger partial charge in [0.2, 0.25) is 5.91 Å². The zero-order valence-electron chi connectivity index (χ0n) is 9.73. The van der Waals surface area contributed by atoms with Gasteiger partial charge in [-0.05, 0) is 19.9 Å². The van der Waals surface area contributed by atoms with Crippen molar-refractivity contribution < 1.29 is 4.79 Å². The molecule has 3 N–H and O–H groups in total. The van der Waals surface area contributed by atoms with E-state index in [-0.39, 0.29) is 5.91 Å². The van der Waals surface area contributed by atoms with Crippen LogP contribution in [0.25, 0.3) is 0 Å². The molecule has 0 aliphatic heterocycles. The van der Waals surface area contributed by atoms with Crippen LogP contribution in [0, 0.1) is 0 Å². The number of amides is 1. The Morgan fingerprint density at radius 2 is 2.31 bits per heavy atom. The smallest absolute Gasteiger partial charge is 0.239 e. The van der Waals surface area contributed by atoms with E-state index < -0.39 is 0 Å². The Morgan fingerprint density at radius 1 is 1.56 bits per heavy atom. The van der Waals surface area contributed by atoms with Crippen molar-refractivity contribution in [2.24, 2.45) is 0 Å². The third kappa shape index (κ3) is 3.42. The van der Waals surface area contributed by atoms with E-state index >= 15 is 0 Å². The number of nitrogens with zero attached hydrogens (tertiary/aromatic N) is 2. The maximum absolute atomic E-state index is 11.5. The molecule has 1 aromatic heterocycles. The van der Waals surface area contributed by atoms with Gasteiger partial charge in [-0.3, -0.25) is 4.79 Å². The van der Waals surface area contributed by atoms with Crippen molar-refractivity contribution in [1.29, 1.82) is 0 Å². The molecule has 1 heterocycles. The second-order valence-electron chi connectivity index (χ2n) is 3.41. The molecule has 0 spiro atoms. The van der Waals surface area contributed by atoms with Gasteiger partial charge in [-0.25, -0.2) is 4.98 Å². The highest BCUT2D eigenvalue weighted by Crippen LogP contribution is 2.14. The predicted octanol–water partition coefficient (Wildman–Crippen LogP) is 0.626. The van der Waals surface area contributed by atoms with E-state index in [9.17, 15) is 4.79 Å². The van der Waals surface area contributed by atoms with E-state index in [4.69, 9.17) is 5.73 Å². The van der Waals surface area contributed by atoms with Crippen molar-refractivity contribution in [2.75, 3.05) is 30.3 Å². The lowest BCUT2D eigenvalue weighted by atomic mass is 10.3. The Morgan fingerprint density at radius 3 is 2.88 bits per heavy atom. The number of hydrogen-bond acceptors (Lipinski definition) is 4. The predicted molar refractivity (Wildman–Crippen MR) is 65.2 cm³/mol. The average molecular weight is 222 g/mol. The highest BCUT2D eigenvalue weighted by Gasteiger charge is 2.09. The Balaban J connectivity index is 2.70. The summed E-state index contributed by atoms with van der Waals surface area (Å²) in [6, 6.07) is 3.61. The third-order valence-corrected chi connectivity index (χ3v) is 2.22. The van der Waals surface area contributed by atoms with Crippen molar-refractivity contribution >= 4 is 17.4 Å². The topological polar surface area (TPSA) is 71.2 Å². The summed E-state index contributed by atoms with van der Waals surface area (Å²) in [5, 5.41) is 2.77. The fraction of sp³-hybridized carbons (Fsp3) is 0.455. The van der Waals surface area contributed by atoms with Crippen LogP contribution in [0.4, 0.5) is 11.5 Å². The highest BCUT2D eigenvalue weighted by molar-refractivity contribution is 5.81. The molecule has 0 saturated carbocycles. The summed E-state index contributed by atoms with van der Waals surface area (Å²) in [5.41, 5.74) is 6.52. The fourth-order valence-electron chi connectivity index (χ4n) is 1.45.